The molecule has 0 radical (unpaired) electrons. The van der Waals surface area contributed by atoms with Gasteiger partial charge in [0.1, 0.15) is 110 Å². The van der Waals surface area contributed by atoms with Crippen LogP contribution < -0.4 is 0 Å². The van der Waals surface area contributed by atoms with Gasteiger partial charge in [-0.2, -0.15) is 0 Å². The number of carbonyl (C=O) groups excluding carboxylic acids is 3. The maximum absolute atomic E-state index is 15.5. The van der Waals surface area contributed by atoms with Gasteiger partial charge in [-0.25, -0.2) is 4.79 Å². The third-order valence-corrected chi connectivity index (χ3v) is 24.0. The van der Waals surface area contributed by atoms with E-state index >= 15 is 4.79 Å². The highest BCUT2D eigenvalue weighted by Gasteiger charge is 2.71. The van der Waals surface area contributed by atoms with Crippen molar-refractivity contribution in [3.05, 3.63) is 11.6 Å². The molecule has 14 N–H and O–H groups in total. The number of aliphatic hydroxyl groups is 14. The van der Waals surface area contributed by atoms with E-state index in [-0.39, 0.29) is 40.6 Å². The Bertz CT molecular complexity index is 2670. The second-order valence-corrected chi connectivity index (χ2v) is 30.1. The van der Waals surface area contributed by atoms with Crippen LogP contribution in [0.2, 0.25) is 0 Å². The minimum Gasteiger partial charge on any atom is -0.464 e. The van der Waals surface area contributed by atoms with Crippen LogP contribution in [0.5, 0.6) is 0 Å². The molecule has 4 saturated carbocycles. The van der Waals surface area contributed by atoms with Crippen molar-refractivity contribution < 1.29 is 143 Å². The van der Waals surface area contributed by atoms with E-state index in [1.165, 1.54) is 6.92 Å². The molecule has 5 saturated heterocycles. The summed E-state index contributed by atoms with van der Waals surface area (Å²) in [6.07, 6.45) is -36.2. The highest BCUT2D eigenvalue weighted by Crippen LogP contribution is 2.76. The van der Waals surface area contributed by atoms with Gasteiger partial charge in [0.15, 0.2) is 37.4 Å². The molecule has 0 aromatic carbocycles. The molecular formula is C64H102O29. The first-order chi connectivity index (χ1) is 43.6. The quantitative estimate of drug-likeness (QED) is 0.0343. The second-order valence-electron chi connectivity index (χ2n) is 30.1. The first kappa shape index (κ1) is 73.0. The van der Waals surface area contributed by atoms with Gasteiger partial charge in [-0.3, -0.25) is 9.59 Å². The van der Waals surface area contributed by atoms with Crippen molar-refractivity contribution in [2.75, 3.05) is 26.4 Å². The lowest BCUT2D eigenvalue weighted by molar-refractivity contribution is -0.395. The highest BCUT2D eigenvalue weighted by molar-refractivity contribution is 5.79. The number of fused-ring (bicyclic) bond motifs is 7. The van der Waals surface area contributed by atoms with Crippen LogP contribution in [-0.4, -0.2) is 275 Å². The number of aliphatic hydroxyl groups excluding tert-OH is 14. The average molecular weight is 1340 g/mol. The van der Waals surface area contributed by atoms with Crippen LogP contribution in [0.3, 0.4) is 0 Å². The molecule has 0 amide bonds. The molecule has 0 spiro atoms. The Hall–Kier alpha value is -2.77. The first-order valence-electron chi connectivity index (χ1n) is 33.1. The lowest BCUT2D eigenvalue weighted by Crippen LogP contribution is -2.68. The molecule has 29 nitrogen and oxygen atoms in total. The lowest BCUT2D eigenvalue weighted by atomic mass is 9.33. The molecule has 0 aromatic heterocycles. The van der Waals surface area contributed by atoms with E-state index in [9.17, 15) is 81.1 Å². The summed E-state index contributed by atoms with van der Waals surface area (Å²) in [5, 5.41) is 154. The van der Waals surface area contributed by atoms with Crippen molar-refractivity contribution in [1.29, 1.82) is 0 Å². The van der Waals surface area contributed by atoms with E-state index in [2.05, 4.69) is 54.5 Å². The molecule has 93 heavy (non-hydrogen) atoms. The van der Waals surface area contributed by atoms with E-state index in [0.29, 0.717) is 51.4 Å². The summed E-state index contributed by atoms with van der Waals surface area (Å²) in [5.74, 6) is -2.66. The van der Waals surface area contributed by atoms with E-state index in [0.717, 1.165) is 25.3 Å². The van der Waals surface area contributed by atoms with Crippen LogP contribution in [0.15, 0.2) is 11.6 Å². The van der Waals surface area contributed by atoms with Gasteiger partial charge in [-0.15, -0.1) is 0 Å². The largest absolute Gasteiger partial charge is 0.464 e. The predicted octanol–water partition coefficient (Wildman–Crippen LogP) is -2.04. The number of ether oxygens (including phenoxy) is 12. The zero-order valence-corrected chi connectivity index (χ0v) is 54.6. The number of rotatable bonds is 16. The number of hydrogen-bond acceptors (Lipinski definition) is 29. The van der Waals surface area contributed by atoms with Gasteiger partial charge in [0.05, 0.1) is 37.4 Å². The van der Waals surface area contributed by atoms with Crippen molar-refractivity contribution in [3.63, 3.8) is 0 Å². The Morgan fingerprint density at radius 3 is 1.67 bits per heavy atom. The Labute approximate surface area is 540 Å². The fourth-order valence-corrected chi connectivity index (χ4v) is 18.3. The summed E-state index contributed by atoms with van der Waals surface area (Å²) < 4.78 is 71.7. The molecule has 9 fully saturated rings. The van der Waals surface area contributed by atoms with Crippen LogP contribution in [0, 0.1) is 50.2 Å². The van der Waals surface area contributed by atoms with Gasteiger partial charge >= 0.3 is 17.9 Å². The summed E-state index contributed by atoms with van der Waals surface area (Å²) >= 11 is 0. The normalized spacial score (nSPS) is 51.1. The van der Waals surface area contributed by atoms with Gasteiger partial charge in [-0.1, -0.05) is 60.1 Å². The number of carbonyl (C=O) groups is 3. The first-order valence-corrected chi connectivity index (χ1v) is 33.1. The number of hydrogen-bond donors (Lipinski definition) is 14. The standard InChI is InChI=1S/C64H102O29/c1-11-82-52(80)48-44(76)45(77)51(92-55-49(42(74)37(69)30(23-65)85-55)90-53-46(78)40(72)36(68)26(2)84-53)57(89-48)88-35-15-16-61(8)33(60(35,6)7)14-17-63(10)34(61)13-12-28-29-22-59(4,5)18-20-64(29,21-19-62(28,63)9)58(81)93-56-50(43(75)38(70)31(24-66)86-56)91-54-47(79)41(73)39(71)32(87-54)25-83-27(3)67/h12,26,29-51,53-57,65-66,68-79H,11,13-25H2,1-10H3/t26-,29-,30+,31+,32+,33-,34+,35-,36-,37+,38+,39+,40+,41-,42-,43-,44-,45-,46+,47+,48-,49+,50+,51+,53-,54-,55-,56-,57+,61-,62+,63+,64-/m0/s1. The third kappa shape index (κ3) is 12.8. The highest BCUT2D eigenvalue weighted by atomic mass is 16.8. The minimum absolute atomic E-state index is 0.0268. The SMILES string of the molecule is CCOC(=O)[C@H]1O[C@@H](O[C@H]2CC[C@]3(C)[C@H]4CC=C5[C@@H]6CC(C)(C)CC[C@]6(C(=O)O[C@@H]6O[C@H](CO)[C@@H](O)[C@H](O)[C@H]6O[C@@H]6O[C@H](COC(C)=O)[C@@H](O)[C@H](O)[C@H]6O)CC[C@@]5(C)[C@]4(C)CC[C@H]3C2(C)C)[C@H](O[C@@H]2O[C@H](CO)[C@@H](O)[C@H](O)[C@H]2O[C@@H]2O[C@@H](C)[C@H](O)[C@@H](O)[C@H]2O)[C@@H](O)[C@@H]1O. The molecule has 29 heteroatoms. The second kappa shape index (κ2) is 27.4. The lowest BCUT2D eigenvalue weighted by Gasteiger charge is -2.71. The van der Waals surface area contributed by atoms with Crippen LogP contribution in [0.4, 0.5) is 0 Å². The van der Waals surface area contributed by atoms with Crippen LogP contribution >= 0.6 is 0 Å². The monoisotopic (exact) mass is 1330 g/mol. The van der Waals surface area contributed by atoms with Gasteiger partial charge in [0.25, 0.3) is 0 Å². The number of esters is 3. The van der Waals surface area contributed by atoms with Crippen molar-refractivity contribution in [3.8, 4) is 0 Å². The fourth-order valence-electron chi connectivity index (χ4n) is 18.3. The molecule has 0 unspecified atom stereocenters. The van der Waals surface area contributed by atoms with Crippen molar-refractivity contribution in [2.45, 2.75) is 293 Å². The molecule has 0 aromatic rings. The Morgan fingerprint density at radius 1 is 0.538 bits per heavy atom. The Morgan fingerprint density at radius 2 is 1.06 bits per heavy atom. The predicted molar refractivity (Wildman–Crippen MR) is 313 cm³/mol. The molecule has 10 rings (SSSR count). The molecular weight excluding hydrogens is 1230 g/mol. The van der Waals surface area contributed by atoms with Gasteiger partial charge in [-0.05, 0) is 123 Å². The zero-order valence-electron chi connectivity index (χ0n) is 54.6. The van der Waals surface area contributed by atoms with Crippen LogP contribution in [-0.2, 0) is 71.2 Å². The van der Waals surface area contributed by atoms with Crippen molar-refractivity contribution in [2.24, 2.45) is 50.2 Å². The summed E-state index contributed by atoms with van der Waals surface area (Å²) in [7, 11) is 0. The average Bonchev–Trinajstić information content (AvgIpc) is 0.676. The molecule has 5 aliphatic carbocycles. The van der Waals surface area contributed by atoms with E-state index in [1.807, 2.05) is 0 Å². The molecule has 0 bridgehead atoms. The van der Waals surface area contributed by atoms with Gasteiger partial charge < -0.3 is 128 Å². The maximum Gasteiger partial charge on any atom is 0.338 e. The van der Waals surface area contributed by atoms with E-state index in [4.69, 9.17) is 56.8 Å². The number of allylic oxidation sites excluding steroid dienone is 2. The third-order valence-electron chi connectivity index (χ3n) is 24.0. The van der Waals surface area contributed by atoms with E-state index < -0.39 is 214 Å². The molecule has 33 atom stereocenters. The zero-order chi connectivity index (χ0) is 68.1. The van der Waals surface area contributed by atoms with Crippen molar-refractivity contribution in [1.82, 2.24) is 0 Å². The van der Waals surface area contributed by atoms with E-state index in [1.54, 1.807) is 6.92 Å². The van der Waals surface area contributed by atoms with Crippen LogP contribution in [0.25, 0.3) is 0 Å². The Balaban J connectivity index is 0.906. The topological polar surface area (TPSA) is 445 Å². The molecule has 10 aliphatic rings. The minimum atomic E-state index is -1.99. The molecule has 532 valence electrons. The fraction of sp³-hybridized carbons (Fsp3) is 0.922. The Kier molecular flexibility index (Phi) is 21.5. The molecule has 5 aliphatic heterocycles. The summed E-state index contributed by atoms with van der Waals surface area (Å²) in [6.45, 7) is 17.3. The van der Waals surface area contributed by atoms with Crippen molar-refractivity contribution >= 4 is 17.9 Å². The van der Waals surface area contributed by atoms with Gasteiger partial charge in [0.2, 0.25) is 6.29 Å². The molecule has 5 heterocycles. The van der Waals surface area contributed by atoms with Crippen LogP contribution in [0.1, 0.15) is 133 Å². The van der Waals surface area contributed by atoms with Gasteiger partial charge in [0, 0.05) is 6.92 Å². The smallest absolute Gasteiger partial charge is 0.338 e. The summed E-state index contributed by atoms with van der Waals surface area (Å²) in [5.41, 5.74) is -2.03. The maximum atomic E-state index is 15.5. The summed E-state index contributed by atoms with van der Waals surface area (Å²) in [4.78, 5) is 40.7. The summed E-state index contributed by atoms with van der Waals surface area (Å²) in [6, 6.07) is 0.